The van der Waals surface area contributed by atoms with Crippen molar-refractivity contribution in [3.8, 4) is 17.3 Å². The second-order valence-electron chi connectivity index (χ2n) is 9.75. The number of aromatic nitrogens is 5. The minimum absolute atomic E-state index is 0.157. The highest BCUT2D eigenvalue weighted by Gasteiger charge is 2.48. The summed E-state index contributed by atoms with van der Waals surface area (Å²) in [5, 5.41) is 15.1. The molecule has 2 saturated heterocycles. The van der Waals surface area contributed by atoms with Gasteiger partial charge in [-0.3, -0.25) is 14.4 Å². The number of likely N-dealkylation sites (tertiary alicyclic amines) is 2. The maximum Gasteiger partial charge on any atom is 0.253 e. The molecule has 0 aliphatic carbocycles. The first-order valence-electron chi connectivity index (χ1n) is 12.2. The standard InChI is InChI=1S/C26H24F2N8O/c27-21-2-1-17(11-22(21)28)25(37)34-9-4-19(5-10-34)35-14-26(15-35,6-7-29)36-13-18(12-33-36)23-20-3-8-30-24(20)32-16-31-23/h1-3,8,11-13,16,19H,4-6,9-10,14-15H2,(H,30,31,32). The largest absolute Gasteiger partial charge is 0.346 e. The quantitative estimate of drug-likeness (QED) is 0.449. The van der Waals surface area contributed by atoms with E-state index in [4.69, 9.17) is 0 Å². The summed E-state index contributed by atoms with van der Waals surface area (Å²) in [6, 6.07) is 7.79. The van der Waals surface area contributed by atoms with E-state index >= 15 is 0 Å². The summed E-state index contributed by atoms with van der Waals surface area (Å²) < 4.78 is 28.7. The maximum absolute atomic E-state index is 13.6. The van der Waals surface area contributed by atoms with E-state index in [1.54, 1.807) is 11.1 Å². The number of fused-ring (bicyclic) bond motifs is 1. The second-order valence-corrected chi connectivity index (χ2v) is 9.75. The molecular formula is C26H24F2N8O. The van der Waals surface area contributed by atoms with Gasteiger partial charge in [-0.1, -0.05) is 0 Å². The summed E-state index contributed by atoms with van der Waals surface area (Å²) in [6.07, 6.45) is 8.95. The monoisotopic (exact) mass is 502 g/mol. The van der Waals surface area contributed by atoms with Gasteiger partial charge in [0, 0.05) is 61.1 Å². The third-order valence-corrected chi connectivity index (χ3v) is 7.53. The number of amides is 1. The van der Waals surface area contributed by atoms with Crippen LogP contribution in [0.2, 0.25) is 0 Å². The molecule has 11 heteroatoms. The lowest BCUT2D eigenvalue weighted by molar-refractivity contribution is -0.0412. The van der Waals surface area contributed by atoms with Crippen molar-refractivity contribution in [3.05, 3.63) is 66.4 Å². The average Bonchev–Trinajstić information content (AvgIpc) is 3.57. The van der Waals surface area contributed by atoms with Crippen molar-refractivity contribution in [2.45, 2.75) is 30.8 Å². The fourth-order valence-electron chi connectivity index (χ4n) is 5.51. The number of hydrogen-bond donors (Lipinski definition) is 1. The van der Waals surface area contributed by atoms with Crippen molar-refractivity contribution in [1.82, 2.24) is 34.5 Å². The predicted octanol–water partition coefficient (Wildman–Crippen LogP) is 3.33. The van der Waals surface area contributed by atoms with Crippen molar-refractivity contribution in [2.75, 3.05) is 26.2 Å². The summed E-state index contributed by atoms with van der Waals surface area (Å²) in [5.74, 6) is -2.27. The first kappa shape index (κ1) is 23.2. The molecule has 0 atom stereocenters. The van der Waals surface area contributed by atoms with Crippen LogP contribution in [0.3, 0.4) is 0 Å². The van der Waals surface area contributed by atoms with Crippen LogP contribution in [0.15, 0.2) is 49.2 Å². The van der Waals surface area contributed by atoms with Crippen LogP contribution < -0.4 is 0 Å². The third kappa shape index (κ3) is 4.03. The van der Waals surface area contributed by atoms with Gasteiger partial charge < -0.3 is 9.88 Å². The molecule has 2 aliphatic heterocycles. The van der Waals surface area contributed by atoms with Crippen LogP contribution in [0.5, 0.6) is 0 Å². The zero-order chi connectivity index (χ0) is 25.6. The number of nitriles is 1. The van der Waals surface area contributed by atoms with E-state index in [0.29, 0.717) is 32.6 Å². The Morgan fingerprint density at radius 3 is 2.73 bits per heavy atom. The molecule has 4 aromatic rings. The maximum atomic E-state index is 13.6. The van der Waals surface area contributed by atoms with Gasteiger partial charge in [0.1, 0.15) is 17.5 Å². The van der Waals surface area contributed by atoms with Crippen LogP contribution in [0.4, 0.5) is 8.78 Å². The number of carbonyl (C=O) groups excluding carboxylic acids is 1. The van der Waals surface area contributed by atoms with Crippen LogP contribution in [-0.2, 0) is 5.54 Å². The van der Waals surface area contributed by atoms with Gasteiger partial charge in [0.05, 0.1) is 24.4 Å². The summed E-state index contributed by atoms with van der Waals surface area (Å²) in [5.41, 5.74) is 2.15. The number of nitrogens with one attached hydrogen (secondary N) is 1. The lowest BCUT2D eigenvalue weighted by atomic mass is 9.83. The average molecular weight is 503 g/mol. The van der Waals surface area contributed by atoms with Gasteiger partial charge >= 0.3 is 0 Å². The molecule has 2 aliphatic rings. The van der Waals surface area contributed by atoms with Gasteiger partial charge in [0.15, 0.2) is 11.6 Å². The first-order chi connectivity index (χ1) is 18.0. The van der Waals surface area contributed by atoms with Gasteiger partial charge in [0.25, 0.3) is 5.91 Å². The molecule has 37 heavy (non-hydrogen) atoms. The molecule has 1 aromatic carbocycles. The van der Waals surface area contributed by atoms with Gasteiger partial charge in [-0.25, -0.2) is 18.7 Å². The smallest absolute Gasteiger partial charge is 0.253 e. The Balaban J connectivity index is 1.12. The van der Waals surface area contributed by atoms with Gasteiger partial charge in [-0.15, -0.1) is 0 Å². The molecule has 5 heterocycles. The van der Waals surface area contributed by atoms with Crippen LogP contribution in [-0.4, -0.2) is 72.7 Å². The number of benzene rings is 1. The summed E-state index contributed by atoms with van der Waals surface area (Å²) in [7, 11) is 0. The fourth-order valence-corrected chi connectivity index (χ4v) is 5.51. The van der Waals surface area contributed by atoms with E-state index in [-0.39, 0.29) is 17.5 Å². The molecule has 0 spiro atoms. The molecule has 1 N–H and O–H groups in total. The molecule has 9 nitrogen and oxygen atoms in total. The molecule has 0 bridgehead atoms. The highest BCUT2D eigenvalue weighted by atomic mass is 19.2. The predicted molar refractivity (Wildman–Crippen MR) is 130 cm³/mol. The topological polar surface area (TPSA) is 107 Å². The van der Waals surface area contributed by atoms with Crippen LogP contribution in [0.25, 0.3) is 22.3 Å². The van der Waals surface area contributed by atoms with Crippen molar-refractivity contribution in [3.63, 3.8) is 0 Å². The van der Waals surface area contributed by atoms with Gasteiger partial charge in [-0.05, 0) is 37.1 Å². The Morgan fingerprint density at radius 2 is 1.97 bits per heavy atom. The Kier molecular flexibility index (Phi) is 5.68. The molecule has 1 amide bonds. The van der Waals surface area contributed by atoms with Crippen LogP contribution >= 0.6 is 0 Å². The zero-order valence-corrected chi connectivity index (χ0v) is 19.9. The van der Waals surface area contributed by atoms with Crippen molar-refractivity contribution in [1.29, 1.82) is 5.26 Å². The molecule has 0 unspecified atom stereocenters. The second kappa shape index (κ2) is 9.05. The number of H-pyrrole nitrogens is 1. The summed E-state index contributed by atoms with van der Waals surface area (Å²) >= 11 is 0. The molecule has 2 fully saturated rings. The molecular weight excluding hydrogens is 478 g/mol. The summed E-state index contributed by atoms with van der Waals surface area (Å²) in [6.45, 7) is 2.45. The molecule has 188 valence electrons. The lowest BCUT2D eigenvalue weighted by Crippen LogP contribution is -2.66. The Hall–Kier alpha value is -4.17. The van der Waals surface area contributed by atoms with Crippen molar-refractivity contribution in [2.24, 2.45) is 0 Å². The molecule has 3 aromatic heterocycles. The number of hydrogen-bond acceptors (Lipinski definition) is 6. The minimum Gasteiger partial charge on any atom is -0.346 e. The van der Waals surface area contributed by atoms with E-state index in [1.165, 1.54) is 12.4 Å². The SMILES string of the molecule is N#CCC1(n2cc(-c3ncnc4[nH]ccc34)cn2)CN(C2CCN(C(=O)c3ccc(F)c(F)c3)CC2)C1. The lowest BCUT2D eigenvalue weighted by Gasteiger charge is -2.53. The number of piperidine rings is 1. The fraction of sp³-hybridized carbons (Fsp3) is 0.346. The first-order valence-corrected chi connectivity index (χ1v) is 12.2. The van der Waals surface area contributed by atoms with Crippen LogP contribution in [0.1, 0.15) is 29.6 Å². The number of nitrogens with zero attached hydrogens (tertiary/aromatic N) is 7. The van der Waals surface area contributed by atoms with E-state index in [2.05, 4.69) is 31.0 Å². The Morgan fingerprint density at radius 1 is 1.16 bits per heavy atom. The molecule has 0 radical (unpaired) electrons. The highest BCUT2D eigenvalue weighted by molar-refractivity contribution is 5.94. The van der Waals surface area contributed by atoms with E-state index < -0.39 is 17.2 Å². The van der Waals surface area contributed by atoms with Crippen molar-refractivity contribution < 1.29 is 13.6 Å². The van der Waals surface area contributed by atoms with Gasteiger partial charge in [0.2, 0.25) is 0 Å². The van der Waals surface area contributed by atoms with Crippen LogP contribution in [0, 0.1) is 23.0 Å². The van der Waals surface area contributed by atoms with Gasteiger partial charge in [-0.2, -0.15) is 10.4 Å². The van der Waals surface area contributed by atoms with E-state index in [0.717, 1.165) is 47.3 Å². The van der Waals surface area contributed by atoms with E-state index in [1.807, 2.05) is 23.1 Å². The zero-order valence-electron chi connectivity index (χ0n) is 19.9. The minimum atomic E-state index is -1.02. The Bertz CT molecular complexity index is 1510. The van der Waals surface area contributed by atoms with Crippen molar-refractivity contribution >= 4 is 16.9 Å². The number of halogens is 2. The highest BCUT2D eigenvalue weighted by Crippen LogP contribution is 2.37. The number of aromatic amines is 1. The number of carbonyl (C=O) groups is 1. The summed E-state index contributed by atoms with van der Waals surface area (Å²) in [4.78, 5) is 28.6. The molecule has 6 rings (SSSR count). The third-order valence-electron chi connectivity index (χ3n) is 7.53. The van der Waals surface area contributed by atoms with E-state index in [9.17, 15) is 18.8 Å². The number of rotatable bonds is 5. The molecule has 0 saturated carbocycles. The Labute approximate surface area is 211 Å². The normalized spacial score (nSPS) is 18.0.